The van der Waals surface area contributed by atoms with Gasteiger partial charge in [-0.3, -0.25) is 0 Å². The van der Waals surface area contributed by atoms with Crippen LogP contribution in [-0.2, 0) is 4.43 Å². The number of hydrogen-bond donors (Lipinski definition) is 0. The second-order valence-electron chi connectivity index (χ2n) is 2.61. The van der Waals surface area contributed by atoms with Crippen molar-refractivity contribution in [2.24, 2.45) is 0 Å². The van der Waals surface area contributed by atoms with Gasteiger partial charge in [-0.2, -0.15) is 0 Å². The zero-order valence-corrected chi connectivity index (χ0v) is 8.24. The van der Waals surface area contributed by atoms with Crippen LogP contribution in [0.25, 0.3) is 0 Å². The second kappa shape index (κ2) is 3.06. The van der Waals surface area contributed by atoms with Crippen LogP contribution in [0.2, 0.25) is 0 Å². The van der Waals surface area contributed by atoms with Gasteiger partial charge in [0, 0.05) is 6.42 Å². The lowest BCUT2D eigenvalue weighted by molar-refractivity contribution is 0.406. The summed E-state index contributed by atoms with van der Waals surface area (Å²) in [4.78, 5) is 0. The standard InChI is InChI=1S/C7H14OSi/c1-6-4-2-3-5-7(6)8-9/h2-5H2,1,9H3. The van der Waals surface area contributed by atoms with Crippen LogP contribution in [0, 0.1) is 0 Å². The molecule has 0 spiro atoms. The van der Waals surface area contributed by atoms with Crippen LogP contribution in [0.15, 0.2) is 11.3 Å². The molecule has 0 bridgehead atoms. The Bertz CT molecular complexity index is 129. The van der Waals surface area contributed by atoms with E-state index in [0.29, 0.717) is 0 Å². The Morgan fingerprint density at radius 1 is 1.33 bits per heavy atom. The summed E-state index contributed by atoms with van der Waals surface area (Å²) in [5.74, 6) is 1.29. The molecule has 0 aromatic heterocycles. The third-order valence-electron chi connectivity index (χ3n) is 1.93. The quantitative estimate of drug-likeness (QED) is 0.499. The number of rotatable bonds is 1. The van der Waals surface area contributed by atoms with Gasteiger partial charge < -0.3 is 4.43 Å². The van der Waals surface area contributed by atoms with Gasteiger partial charge in [-0.1, -0.05) is 0 Å². The maximum atomic E-state index is 5.32. The smallest absolute Gasteiger partial charge is 0.203 e. The van der Waals surface area contributed by atoms with E-state index in [1.54, 1.807) is 0 Å². The van der Waals surface area contributed by atoms with E-state index < -0.39 is 0 Å². The van der Waals surface area contributed by atoms with Crippen molar-refractivity contribution >= 4 is 10.5 Å². The van der Waals surface area contributed by atoms with Crippen molar-refractivity contribution in [2.75, 3.05) is 0 Å². The Labute approximate surface area is 59.6 Å². The predicted molar refractivity (Wildman–Crippen MR) is 42.2 cm³/mol. The van der Waals surface area contributed by atoms with E-state index in [0.717, 1.165) is 10.5 Å². The number of allylic oxidation sites excluding steroid dienone is 2. The van der Waals surface area contributed by atoms with E-state index in [1.807, 2.05) is 0 Å². The molecule has 1 aliphatic carbocycles. The molecule has 1 nitrogen and oxygen atoms in total. The second-order valence-corrected chi connectivity index (χ2v) is 3.02. The molecule has 0 fully saturated rings. The molecule has 0 N–H and O–H groups in total. The first kappa shape index (κ1) is 6.87. The molecule has 0 atom stereocenters. The summed E-state index contributed by atoms with van der Waals surface area (Å²) in [5, 5.41) is 0. The average Bonchev–Trinajstić information content (AvgIpc) is 1.89. The molecule has 0 saturated carbocycles. The van der Waals surface area contributed by atoms with Gasteiger partial charge in [0.2, 0.25) is 10.5 Å². The van der Waals surface area contributed by atoms with E-state index in [9.17, 15) is 0 Å². The summed E-state index contributed by atoms with van der Waals surface area (Å²) in [7, 11) is 0.860. The van der Waals surface area contributed by atoms with Crippen molar-refractivity contribution in [1.82, 2.24) is 0 Å². The molecule has 0 saturated heterocycles. The fraction of sp³-hybridized carbons (Fsp3) is 0.714. The summed E-state index contributed by atoms with van der Waals surface area (Å²) in [6.07, 6.45) is 5.14. The molecule has 0 aliphatic heterocycles. The molecule has 0 radical (unpaired) electrons. The number of hydrogen-bond acceptors (Lipinski definition) is 1. The van der Waals surface area contributed by atoms with E-state index in [1.165, 1.54) is 37.0 Å². The lowest BCUT2D eigenvalue weighted by atomic mass is 9.99. The van der Waals surface area contributed by atoms with Crippen molar-refractivity contribution in [3.05, 3.63) is 11.3 Å². The summed E-state index contributed by atoms with van der Waals surface area (Å²) in [6, 6.07) is 0. The van der Waals surface area contributed by atoms with Crippen LogP contribution < -0.4 is 0 Å². The maximum absolute atomic E-state index is 5.32. The van der Waals surface area contributed by atoms with Gasteiger partial charge >= 0.3 is 0 Å². The normalized spacial score (nSPS) is 20.6. The summed E-state index contributed by atoms with van der Waals surface area (Å²) in [6.45, 7) is 2.19. The van der Waals surface area contributed by atoms with Gasteiger partial charge in [0.15, 0.2) is 0 Å². The molecular formula is C7H14OSi. The average molecular weight is 142 g/mol. The molecule has 0 amide bonds. The first-order valence-electron chi connectivity index (χ1n) is 3.57. The molecular weight excluding hydrogens is 128 g/mol. The van der Waals surface area contributed by atoms with Crippen LogP contribution in [0.5, 0.6) is 0 Å². The molecule has 0 unspecified atom stereocenters. The summed E-state index contributed by atoms with van der Waals surface area (Å²) < 4.78 is 5.32. The molecule has 0 aromatic carbocycles. The minimum Gasteiger partial charge on any atom is -0.556 e. The van der Waals surface area contributed by atoms with Crippen LogP contribution in [0.4, 0.5) is 0 Å². The maximum Gasteiger partial charge on any atom is 0.203 e. The van der Waals surface area contributed by atoms with E-state index in [2.05, 4.69) is 6.92 Å². The summed E-state index contributed by atoms with van der Waals surface area (Å²) >= 11 is 0. The Hall–Kier alpha value is -0.243. The Morgan fingerprint density at radius 2 is 2.00 bits per heavy atom. The van der Waals surface area contributed by atoms with E-state index in [4.69, 9.17) is 4.43 Å². The molecule has 9 heavy (non-hydrogen) atoms. The Morgan fingerprint density at radius 3 is 2.44 bits per heavy atom. The van der Waals surface area contributed by atoms with Crippen molar-refractivity contribution < 1.29 is 4.43 Å². The highest BCUT2D eigenvalue weighted by Gasteiger charge is 2.07. The Kier molecular flexibility index (Phi) is 2.34. The minimum atomic E-state index is 0.860. The zero-order chi connectivity index (χ0) is 6.69. The van der Waals surface area contributed by atoms with Crippen molar-refractivity contribution in [3.8, 4) is 0 Å². The van der Waals surface area contributed by atoms with Gasteiger partial charge in [-0.15, -0.1) is 0 Å². The molecule has 1 rings (SSSR count). The first-order chi connectivity index (χ1) is 4.34. The van der Waals surface area contributed by atoms with E-state index >= 15 is 0 Å². The lowest BCUT2D eigenvalue weighted by Crippen LogP contribution is -1.99. The van der Waals surface area contributed by atoms with Gasteiger partial charge in [-0.25, -0.2) is 0 Å². The highest BCUT2D eigenvalue weighted by molar-refractivity contribution is 5.98. The van der Waals surface area contributed by atoms with Gasteiger partial charge in [-0.05, 0) is 31.8 Å². The lowest BCUT2D eigenvalue weighted by Gasteiger charge is -2.16. The van der Waals surface area contributed by atoms with Crippen LogP contribution in [-0.4, -0.2) is 10.5 Å². The van der Waals surface area contributed by atoms with Crippen molar-refractivity contribution in [3.63, 3.8) is 0 Å². The van der Waals surface area contributed by atoms with Gasteiger partial charge in [0.25, 0.3) is 0 Å². The molecule has 0 heterocycles. The third kappa shape index (κ3) is 1.58. The predicted octanol–water partition coefficient (Wildman–Crippen LogP) is 1.13. The van der Waals surface area contributed by atoms with Crippen LogP contribution >= 0.6 is 0 Å². The minimum absolute atomic E-state index is 0.860. The molecule has 0 aromatic rings. The van der Waals surface area contributed by atoms with Crippen LogP contribution in [0.1, 0.15) is 32.6 Å². The zero-order valence-electron chi connectivity index (χ0n) is 6.24. The largest absolute Gasteiger partial charge is 0.556 e. The van der Waals surface area contributed by atoms with Crippen LogP contribution in [0.3, 0.4) is 0 Å². The molecule has 2 heteroatoms. The molecule has 52 valence electrons. The van der Waals surface area contributed by atoms with E-state index in [-0.39, 0.29) is 0 Å². The first-order valence-corrected chi connectivity index (χ1v) is 4.39. The molecule has 1 aliphatic rings. The Balaban J connectivity index is 2.59. The van der Waals surface area contributed by atoms with Gasteiger partial charge in [0.05, 0.1) is 5.76 Å². The highest BCUT2D eigenvalue weighted by atomic mass is 28.2. The monoisotopic (exact) mass is 142 g/mol. The topological polar surface area (TPSA) is 9.23 Å². The highest BCUT2D eigenvalue weighted by Crippen LogP contribution is 2.23. The van der Waals surface area contributed by atoms with Crippen molar-refractivity contribution in [1.29, 1.82) is 0 Å². The SMILES string of the molecule is CC1=C(O[SiH3])CCCC1. The van der Waals surface area contributed by atoms with Gasteiger partial charge in [0.1, 0.15) is 0 Å². The fourth-order valence-electron chi connectivity index (χ4n) is 1.30. The van der Waals surface area contributed by atoms with Crippen molar-refractivity contribution in [2.45, 2.75) is 32.6 Å². The fourth-order valence-corrected chi connectivity index (χ4v) is 1.86. The third-order valence-corrected chi connectivity index (χ3v) is 2.42. The summed E-state index contributed by atoms with van der Waals surface area (Å²) in [5.41, 5.74) is 1.48.